The van der Waals surface area contributed by atoms with Crippen LogP contribution in [-0.4, -0.2) is 15.7 Å². The number of hydrogen-bond acceptors (Lipinski definition) is 3. The van der Waals surface area contributed by atoms with E-state index in [1.807, 2.05) is 25.5 Å². The van der Waals surface area contributed by atoms with E-state index in [0.29, 0.717) is 5.56 Å². The molecule has 0 fully saturated rings. The molecule has 0 aliphatic rings. The van der Waals surface area contributed by atoms with E-state index in [1.54, 1.807) is 18.5 Å². The van der Waals surface area contributed by atoms with Crippen LogP contribution in [0.25, 0.3) is 11.0 Å². The molecule has 0 spiro atoms. The Morgan fingerprint density at radius 2 is 2.25 bits per heavy atom. The summed E-state index contributed by atoms with van der Waals surface area (Å²) in [5.74, 6) is 0.720. The van der Waals surface area contributed by atoms with Crippen LogP contribution >= 0.6 is 0 Å². The number of hydrogen-bond donors (Lipinski definition) is 0. The standard InChI is InChI=1S/C12H13N3O/c1-8(2)16-10-4-5-14-12-11(10)9(6-13)7-15(12)3/h4-5,7-8H,1-3H3. The van der Waals surface area contributed by atoms with Gasteiger partial charge in [0.2, 0.25) is 0 Å². The lowest BCUT2D eigenvalue weighted by molar-refractivity contribution is 0.245. The minimum atomic E-state index is 0.0809. The Labute approximate surface area is 94.1 Å². The predicted octanol–water partition coefficient (Wildman–Crippen LogP) is 2.23. The zero-order valence-corrected chi connectivity index (χ0v) is 9.56. The number of aromatic nitrogens is 2. The van der Waals surface area contributed by atoms with Crippen LogP contribution in [0.3, 0.4) is 0 Å². The maximum atomic E-state index is 9.06. The summed E-state index contributed by atoms with van der Waals surface area (Å²) in [5, 5.41) is 9.85. The summed E-state index contributed by atoms with van der Waals surface area (Å²) >= 11 is 0. The van der Waals surface area contributed by atoms with Gasteiger partial charge >= 0.3 is 0 Å². The average Bonchev–Trinajstić information content (AvgIpc) is 2.56. The molecule has 0 aliphatic heterocycles. The van der Waals surface area contributed by atoms with E-state index in [9.17, 15) is 0 Å². The van der Waals surface area contributed by atoms with Crippen molar-refractivity contribution in [3.05, 3.63) is 24.0 Å². The minimum Gasteiger partial charge on any atom is -0.490 e. The summed E-state index contributed by atoms with van der Waals surface area (Å²) in [4.78, 5) is 4.25. The van der Waals surface area contributed by atoms with E-state index < -0.39 is 0 Å². The number of aryl methyl sites for hydroxylation is 1. The smallest absolute Gasteiger partial charge is 0.144 e. The Kier molecular flexibility index (Phi) is 2.53. The molecule has 0 atom stereocenters. The molecule has 4 nitrogen and oxygen atoms in total. The lowest BCUT2D eigenvalue weighted by atomic mass is 10.2. The molecule has 0 aromatic carbocycles. The van der Waals surface area contributed by atoms with Crippen LogP contribution in [0.15, 0.2) is 18.5 Å². The van der Waals surface area contributed by atoms with E-state index in [4.69, 9.17) is 10.00 Å². The Bertz CT molecular complexity index is 563. The number of ether oxygens (including phenoxy) is 1. The van der Waals surface area contributed by atoms with Gasteiger partial charge in [-0.15, -0.1) is 0 Å². The van der Waals surface area contributed by atoms with Crippen molar-refractivity contribution >= 4 is 11.0 Å². The molecule has 0 amide bonds. The van der Waals surface area contributed by atoms with Crippen LogP contribution in [0.4, 0.5) is 0 Å². The van der Waals surface area contributed by atoms with Crippen LogP contribution in [0.1, 0.15) is 19.4 Å². The molecule has 16 heavy (non-hydrogen) atoms. The molecule has 0 unspecified atom stereocenters. The Morgan fingerprint density at radius 3 is 2.88 bits per heavy atom. The Hall–Kier alpha value is -2.02. The van der Waals surface area contributed by atoms with E-state index in [-0.39, 0.29) is 6.10 Å². The predicted molar refractivity (Wildman–Crippen MR) is 61.2 cm³/mol. The fraction of sp³-hybridized carbons (Fsp3) is 0.333. The van der Waals surface area contributed by atoms with Gasteiger partial charge in [0.1, 0.15) is 17.5 Å². The lowest BCUT2D eigenvalue weighted by Gasteiger charge is -2.10. The largest absolute Gasteiger partial charge is 0.490 e. The van der Waals surface area contributed by atoms with Crippen LogP contribution in [0, 0.1) is 11.3 Å². The summed E-state index contributed by atoms with van der Waals surface area (Å²) in [6, 6.07) is 3.96. The second kappa shape index (κ2) is 3.86. The zero-order chi connectivity index (χ0) is 11.7. The van der Waals surface area contributed by atoms with Crippen molar-refractivity contribution in [2.24, 2.45) is 7.05 Å². The van der Waals surface area contributed by atoms with Gasteiger partial charge in [-0.1, -0.05) is 0 Å². The van der Waals surface area contributed by atoms with E-state index in [1.165, 1.54) is 0 Å². The van der Waals surface area contributed by atoms with Crippen molar-refractivity contribution in [3.63, 3.8) is 0 Å². The third-order valence-electron chi connectivity index (χ3n) is 2.30. The first-order valence-electron chi connectivity index (χ1n) is 5.14. The molecule has 82 valence electrons. The molecule has 0 saturated heterocycles. The highest BCUT2D eigenvalue weighted by molar-refractivity contribution is 5.89. The number of nitriles is 1. The first-order chi connectivity index (χ1) is 7.63. The monoisotopic (exact) mass is 215 g/mol. The minimum absolute atomic E-state index is 0.0809. The van der Waals surface area contributed by atoms with E-state index >= 15 is 0 Å². The molecule has 0 N–H and O–H groups in total. The molecular formula is C12H13N3O. The molecule has 0 bridgehead atoms. The van der Waals surface area contributed by atoms with Gasteiger partial charge in [-0.05, 0) is 19.9 Å². The third kappa shape index (κ3) is 1.61. The Morgan fingerprint density at radius 1 is 1.50 bits per heavy atom. The number of pyridine rings is 1. The van der Waals surface area contributed by atoms with Gasteiger partial charge in [0.05, 0.1) is 17.1 Å². The van der Waals surface area contributed by atoms with Gasteiger partial charge in [0, 0.05) is 19.4 Å². The second-order valence-electron chi connectivity index (χ2n) is 3.94. The maximum Gasteiger partial charge on any atom is 0.144 e. The molecular weight excluding hydrogens is 202 g/mol. The lowest BCUT2D eigenvalue weighted by Crippen LogP contribution is -2.06. The summed E-state index contributed by atoms with van der Waals surface area (Å²) in [6.07, 6.45) is 3.55. The van der Waals surface area contributed by atoms with Crippen LogP contribution in [-0.2, 0) is 7.05 Å². The average molecular weight is 215 g/mol. The fourth-order valence-electron chi connectivity index (χ4n) is 1.71. The molecule has 2 rings (SSSR count). The zero-order valence-electron chi connectivity index (χ0n) is 9.56. The molecule has 0 saturated carbocycles. The van der Waals surface area contributed by atoms with Crippen molar-refractivity contribution in [2.45, 2.75) is 20.0 Å². The van der Waals surface area contributed by atoms with Gasteiger partial charge in [-0.25, -0.2) is 4.98 Å². The normalized spacial score (nSPS) is 10.7. The van der Waals surface area contributed by atoms with Crippen molar-refractivity contribution in [2.75, 3.05) is 0 Å². The second-order valence-corrected chi connectivity index (χ2v) is 3.94. The molecule has 0 aliphatic carbocycles. The summed E-state index contributed by atoms with van der Waals surface area (Å²) < 4.78 is 7.51. The number of rotatable bonds is 2. The SMILES string of the molecule is CC(C)Oc1ccnc2c1c(C#N)cn2C. The van der Waals surface area contributed by atoms with Gasteiger partial charge < -0.3 is 9.30 Å². The van der Waals surface area contributed by atoms with Crippen LogP contribution < -0.4 is 4.74 Å². The molecule has 2 aromatic rings. The van der Waals surface area contributed by atoms with Crippen LogP contribution in [0.2, 0.25) is 0 Å². The molecule has 2 heterocycles. The van der Waals surface area contributed by atoms with Crippen molar-refractivity contribution in [1.82, 2.24) is 9.55 Å². The van der Waals surface area contributed by atoms with Gasteiger partial charge in [0.15, 0.2) is 0 Å². The number of nitrogens with zero attached hydrogens (tertiary/aromatic N) is 3. The first kappa shape index (κ1) is 10.5. The number of fused-ring (bicyclic) bond motifs is 1. The molecule has 0 radical (unpaired) electrons. The Balaban J connectivity index is 2.70. The van der Waals surface area contributed by atoms with Crippen molar-refractivity contribution in [3.8, 4) is 11.8 Å². The highest BCUT2D eigenvalue weighted by Gasteiger charge is 2.13. The quantitative estimate of drug-likeness (QED) is 0.771. The van der Waals surface area contributed by atoms with Gasteiger partial charge in [-0.3, -0.25) is 0 Å². The summed E-state index contributed by atoms with van der Waals surface area (Å²) in [7, 11) is 1.87. The van der Waals surface area contributed by atoms with Crippen molar-refractivity contribution < 1.29 is 4.74 Å². The topological polar surface area (TPSA) is 50.8 Å². The highest BCUT2D eigenvalue weighted by Crippen LogP contribution is 2.28. The van der Waals surface area contributed by atoms with Crippen LogP contribution in [0.5, 0.6) is 5.75 Å². The van der Waals surface area contributed by atoms with Crippen molar-refractivity contribution in [1.29, 1.82) is 5.26 Å². The first-order valence-corrected chi connectivity index (χ1v) is 5.14. The van der Waals surface area contributed by atoms with E-state index in [2.05, 4.69) is 11.1 Å². The fourth-order valence-corrected chi connectivity index (χ4v) is 1.71. The van der Waals surface area contributed by atoms with Gasteiger partial charge in [0.25, 0.3) is 0 Å². The van der Waals surface area contributed by atoms with E-state index in [0.717, 1.165) is 16.8 Å². The maximum absolute atomic E-state index is 9.06. The third-order valence-corrected chi connectivity index (χ3v) is 2.30. The highest BCUT2D eigenvalue weighted by atomic mass is 16.5. The summed E-state index contributed by atoms with van der Waals surface area (Å²) in [5.41, 5.74) is 1.37. The molecule has 2 aromatic heterocycles. The molecule has 4 heteroatoms. The van der Waals surface area contributed by atoms with Gasteiger partial charge in [-0.2, -0.15) is 5.26 Å². The summed E-state index contributed by atoms with van der Waals surface area (Å²) in [6.45, 7) is 3.92.